The van der Waals surface area contributed by atoms with Crippen LogP contribution in [0.25, 0.3) is 0 Å². The molecule has 0 spiro atoms. The van der Waals surface area contributed by atoms with E-state index in [2.05, 4.69) is 5.32 Å². The van der Waals surface area contributed by atoms with Crippen LogP contribution in [-0.4, -0.2) is 63.8 Å². The summed E-state index contributed by atoms with van der Waals surface area (Å²) in [4.78, 5) is 13.5. The summed E-state index contributed by atoms with van der Waals surface area (Å²) in [5.41, 5.74) is 0. The van der Waals surface area contributed by atoms with Gasteiger partial charge in [-0.3, -0.25) is 4.79 Å². The second kappa shape index (κ2) is 8.88. The van der Waals surface area contributed by atoms with Crippen molar-refractivity contribution in [2.45, 2.75) is 24.2 Å². The molecule has 1 heterocycles. The molecular weight excluding hydrogens is 364 g/mol. The minimum Gasteiger partial charge on any atom is -0.356 e. The zero-order valence-electron chi connectivity index (χ0n) is 15.0. The lowest BCUT2D eigenvalue weighted by atomic mass is 9.97. The Morgan fingerprint density at radius 3 is 2.54 bits per heavy atom. The van der Waals surface area contributed by atoms with E-state index < -0.39 is 26.6 Å². The van der Waals surface area contributed by atoms with Crippen molar-refractivity contribution < 1.29 is 22.0 Å². The summed E-state index contributed by atoms with van der Waals surface area (Å²) in [6, 6.07) is 2.37. The molecule has 2 rings (SSSR count). The van der Waals surface area contributed by atoms with E-state index in [9.17, 15) is 22.0 Å². The van der Waals surface area contributed by atoms with E-state index in [0.717, 1.165) is 29.4 Å². The Hall–Kier alpha value is -1.58. The van der Waals surface area contributed by atoms with Crippen molar-refractivity contribution in [3.63, 3.8) is 0 Å². The van der Waals surface area contributed by atoms with Gasteiger partial charge in [-0.15, -0.1) is 0 Å². The number of nitrogens with one attached hydrogen (secondary N) is 1. The quantitative estimate of drug-likeness (QED) is 0.717. The van der Waals surface area contributed by atoms with E-state index in [0.29, 0.717) is 25.5 Å². The molecule has 0 aromatic heterocycles. The van der Waals surface area contributed by atoms with Crippen LogP contribution in [0.2, 0.25) is 0 Å². The maximum Gasteiger partial charge on any atom is 0.246 e. The number of hydrogen-bond donors (Lipinski definition) is 1. The molecule has 1 aromatic carbocycles. The van der Waals surface area contributed by atoms with Gasteiger partial charge >= 0.3 is 0 Å². The average molecular weight is 389 g/mol. The Kier molecular flexibility index (Phi) is 7.08. The van der Waals surface area contributed by atoms with Gasteiger partial charge in [-0.2, -0.15) is 4.31 Å². The highest BCUT2D eigenvalue weighted by atomic mass is 32.2. The molecule has 9 heteroatoms. The topological polar surface area (TPSA) is 69.7 Å². The fourth-order valence-corrected chi connectivity index (χ4v) is 4.47. The summed E-state index contributed by atoms with van der Waals surface area (Å²) in [7, 11) is -0.198. The van der Waals surface area contributed by atoms with Crippen molar-refractivity contribution in [3.05, 3.63) is 29.8 Å². The van der Waals surface area contributed by atoms with Gasteiger partial charge in [0.25, 0.3) is 0 Å². The second-order valence-electron chi connectivity index (χ2n) is 6.70. The zero-order valence-corrected chi connectivity index (χ0v) is 15.9. The van der Waals surface area contributed by atoms with Crippen LogP contribution in [0.15, 0.2) is 23.1 Å². The summed E-state index contributed by atoms with van der Waals surface area (Å²) in [5.74, 6) is -2.14. The first-order valence-electron chi connectivity index (χ1n) is 8.59. The predicted molar refractivity (Wildman–Crippen MR) is 94.0 cm³/mol. The van der Waals surface area contributed by atoms with Gasteiger partial charge in [-0.05, 0) is 58.1 Å². The van der Waals surface area contributed by atoms with Crippen molar-refractivity contribution in [2.24, 2.45) is 5.92 Å². The SMILES string of the molecule is CN(C)CCCNC(=O)C1CCN(S(=O)(=O)c2cc(F)ccc2F)CC1. The monoisotopic (exact) mass is 389 g/mol. The lowest BCUT2D eigenvalue weighted by molar-refractivity contribution is -0.126. The Morgan fingerprint density at radius 1 is 1.27 bits per heavy atom. The third-order valence-electron chi connectivity index (χ3n) is 4.42. The summed E-state index contributed by atoms with van der Waals surface area (Å²) >= 11 is 0. The molecule has 0 radical (unpaired) electrons. The Labute approximate surface area is 153 Å². The Balaban J connectivity index is 1.91. The van der Waals surface area contributed by atoms with Gasteiger partial charge in [0, 0.05) is 25.6 Å². The molecule has 1 aromatic rings. The smallest absolute Gasteiger partial charge is 0.246 e. The summed E-state index contributed by atoms with van der Waals surface area (Å²) in [6.45, 7) is 1.66. The molecule has 26 heavy (non-hydrogen) atoms. The van der Waals surface area contributed by atoms with Crippen molar-refractivity contribution in [2.75, 3.05) is 40.3 Å². The van der Waals surface area contributed by atoms with Gasteiger partial charge in [-0.25, -0.2) is 17.2 Å². The number of piperidine rings is 1. The van der Waals surface area contributed by atoms with Gasteiger partial charge in [-0.1, -0.05) is 0 Å². The average Bonchev–Trinajstić information content (AvgIpc) is 2.60. The number of benzene rings is 1. The number of carbonyl (C=O) groups is 1. The maximum absolute atomic E-state index is 13.8. The fourth-order valence-electron chi connectivity index (χ4n) is 2.92. The van der Waals surface area contributed by atoms with Crippen molar-refractivity contribution in [1.29, 1.82) is 0 Å². The first-order valence-corrected chi connectivity index (χ1v) is 10.0. The lowest BCUT2D eigenvalue weighted by Gasteiger charge is -2.30. The van der Waals surface area contributed by atoms with E-state index in [1.165, 1.54) is 0 Å². The highest BCUT2D eigenvalue weighted by Gasteiger charge is 2.33. The van der Waals surface area contributed by atoms with Crippen molar-refractivity contribution >= 4 is 15.9 Å². The van der Waals surface area contributed by atoms with Crippen LogP contribution < -0.4 is 5.32 Å². The lowest BCUT2D eigenvalue weighted by Crippen LogP contribution is -2.43. The van der Waals surface area contributed by atoms with Crippen LogP contribution in [0.3, 0.4) is 0 Å². The summed E-state index contributed by atoms with van der Waals surface area (Å²) in [5, 5.41) is 2.87. The minimum atomic E-state index is -4.11. The third kappa shape index (κ3) is 5.21. The highest BCUT2D eigenvalue weighted by Crippen LogP contribution is 2.26. The van der Waals surface area contributed by atoms with Crippen molar-refractivity contribution in [1.82, 2.24) is 14.5 Å². The Morgan fingerprint density at radius 2 is 1.92 bits per heavy atom. The molecule has 0 bridgehead atoms. The Bertz CT molecular complexity index is 733. The number of rotatable bonds is 7. The summed E-state index contributed by atoms with van der Waals surface area (Å²) in [6.07, 6.45) is 1.55. The molecule has 1 saturated heterocycles. The van der Waals surface area contributed by atoms with E-state index in [4.69, 9.17) is 0 Å². The molecule has 1 aliphatic rings. The standard InChI is InChI=1S/C17H25F2N3O3S/c1-21(2)9-3-8-20-17(23)13-6-10-22(11-7-13)26(24,25)16-12-14(18)4-5-15(16)19/h4-5,12-13H,3,6-11H2,1-2H3,(H,20,23). The van der Waals surface area contributed by atoms with Gasteiger partial charge in [0.1, 0.15) is 16.5 Å². The molecule has 6 nitrogen and oxygen atoms in total. The van der Waals surface area contributed by atoms with E-state index in [1.807, 2.05) is 19.0 Å². The molecule has 0 unspecified atom stereocenters. The van der Waals surface area contributed by atoms with Crippen LogP contribution in [-0.2, 0) is 14.8 Å². The van der Waals surface area contributed by atoms with Crippen LogP contribution in [0.1, 0.15) is 19.3 Å². The molecule has 0 atom stereocenters. The number of carbonyl (C=O) groups excluding carboxylic acids is 1. The normalized spacial score (nSPS) is 16.8. The number of amides is 1. The van der Waals surface area contributed by atoms with Crippen LogP contribution >= 0.6 is 0 Å². The molecule has 1 aliphatic heterocycles. The van der Waals surface area contributed by atoms with Gasteiger partial charge in [0.2, 0.25) is 15.9 Å². The maximum atomic E-state index is 13.8. The summed E-state index contributed by atoms with van der Waals surface area (Å²) < 4.78 is 53.3. The third-order valence-corrected chi connectivity index (χ3v) is 6.33. The van der Waals surface area contributed by atoms with E-state index in [1.54, 1.807) is 0 Å². The van der Waals surface area contributed by atoms with Gasteiger partial charge in [0.05, 0.1) is 0 Å². The van der Waals surface area contributed by atoms with E-state index in [-0.39, 0.29) is 24.9 Å². The molecular formula is C17H25F2N3O3S. The van der Waals surface area contributed by atoms with Crippen LogP contribution in [0.5, 0.6) is 0 Å². The number of sulfonamides is 1. The second-order valence-corrected chi connectivity index (χ2v) is 8.61. The number of halogens is 2. The number of nitrogens with zero attached hydrogens (tertiary/aromatic N) is 2. The molecule has 1 fully saturated rings. The predicted octanol–water partition coefficient (Wildman–Crippen LogP) is 1.43. The zero-order chi connectivity index (χ0) is 19.3. The fraction of sp³-hybridized carbons (Fsp3) is 0.588. The molecule has 0 saturated carbocycles. The molecule has 1 N–H and O–H groups in total. The van der Waals surface area contributed by atoms with Crippen LogP contribution in [0.4, 0.5) is 8.78 Å². The van der Waals surface area contributed by atoms with Gasteiger partial charge < -0.3 is 10.2 Å². The van der Waals surface area contributed by atoms with Crippen molar-refractivity contribution in [3.8, 4) is 0 Å². The van der Waals surface area contributed by atoms with Gasteiger partial charge in [0.15, 0.2) is 0 Å². The largest absolute Gasteiger partial charge is 0.356 e. The first-order chi connectivity index (χ1) is 12.2. The first kappa shape index (κ1) is 20.7. The minimum absolute atomic E-state index is 0.0854. The van der Waals surface area contributed by atoms with E-state index >= 15 is 0 Å². The molecule has 0 aliphatic carbocycles. The highest BCUT2D eigenvalue weighted by molar-refractivity contribution is 7.89. The number of hydrogen-bond acceptors (Lipinski definition) is 4. The molecule has 1 amide bonds. The van der Waals surface area contributed by atoms with Crippen LogP contribution in [0, 0.1) is 17.6 Å². The molecule has 146 valence electrons.